The van der Waals surface area contributed by atoms with E-state index in [1.165, 1.54) is 4.90 Å². The fourth-order valence-corrected chi connectivity index (χ4v) is 5.39. The molecule has 7 nitrogen and oxygen atoms in total. The Morgan fingerprint density at radius 1 is 1.18 bits per heavy atom. The van der Waals surface area contributed by atoms with Gasteiger partial charge in [-0.1, -0.05) is 18.2 Å². The van der Waals surface area contributed by atoms with Crippen LogP contribution >= 0.6 is 0 Å². The molecule has 0 unspecified atom stereocenters. The Kier molecular flexibility index (Phi) is 6.71. The summed E-state index contributed by atoms with van der Waals surface area (Å²) in [6.07, 6.45) is 1.97. The highest BCUT2D eigenvalue weighted by atomic mass is 19.4. The first kappa shape index (κ1) is 26.2. The third kappa shape index (κ3) is 5.41. The van der Waals surface area contributed by atoms with Gasteiger partial charge in [0.1, 0.15) is 5.60 Å². The van der Waals surface area contributed by atoms with E-state index in [0.717, 1.165) is 33.2 Å². The van der Waals surface area contributed by atoms with Crippen LogP contribution in [0, 0.1) is 0 Å². The minimum absolute atomic E-state index is 0.337. The minimum Gasteiger partial charge on any atom is -0.444 e. The second-order valence-electron chi connectivity index (χ2n) is 11.1. The number of benzene rings is 1. The Bertz CT molecular complexity index is 1360. The number of fused-ring (bicyclic) bond motifs is 3. The van der Waals surface area contributed by atoms with Crippen molar-refractivity contribution in [1.82, 2.24) is 25.0 Å². The number of halogens is 3. The molecule has 0 saturated heterocycles. The molecular weight excluding hydrogens is 495 g/mol. The third-order valence-electron chi connectivity index (χ3n) is 7.12. The van der Waals surface area contributed by atoms with Crippen molar-refractivity contribution in [2.75, 3.05) is 19.6 Å². The Morgan fingerprint density at radius 3 is 2.61 bits per heavy atom. The van der Waals surface area contributed by atoms with Gasteiger partial charge in [0, 0.05) is 36.9 Å². The maximum Gasteiger partial charge on any atom is 0.410 e. The van der Waals surface area contributed by atoms with Crippen molar-refractivity contribution in [2.45, 2.75) is 64.4 Å². The smallest absolute Gasteiger partial charge is 0.410 e. The van der Waals surface area contributed by atoms with Gasteiger partial charge in [-0.2, -0.15) is 18.3 Å². The topological polar surface area (TPSA) is 74.3 Å². The summed E-state index contributed by atoms with van der Waals surface area (Å²) in [5.41, 5.74) is 4.59. The lowest BCUT2D eigenvalue weighted by atomic mass is 9.85. The van der Waals surface area contributed by atoms with Crippen LogP contribution in [0.3, 0.4) is 0 Å². The maximum atomic E-state index is 13.6. The van der Waals surface area contributed by atoms with E-state index >= 15 is 0 Å². The van der Waals surface area contributed by atoms with Crippen LogP contribution in [0.15, 0.2) is 42.7 Å². The molecule has 3 aromatic rings. The maximum absolute atomic E-state index is 13.6. The van der Waals surface area contributed by atoms with Crippen LogP contribution < -0.4 is 0 Å². The van der Waals surface area contributed by atoms with Crippen LogP contribution in [-0.4, -0.2) is 68.5 Å². The summed E-state index contributed by atoms with van der Waals surface area (Å²) >= 11 is 0. The molecule has 1 amide bonds. The van der Waals surface area contributed by atoms with Crippen molar-refractivity contribution < 1.29 is 22.7 Å². The van der Waals surface area contributed by atoms with Crippen molar-refractivity contribution in [1.29, 1.82) is 0 Å². The van der Waals surface area contributed by atoms with E-state index in [1.807, 2.05) is 64.2 Å². The predicted octanol–water partition coefficient (Wildman–Crippen LogP) is 5.88. The molecule has 2 atom stereocenters. The zero-order valence-corrected chi connectivity index (χ0v) is 22.0. The second kappa shape index (κ2) is 9.72. The second-order valence-corrected chi connectivity index (χ2v) is 11.1. The Morgan fingerprint density at radius 2 is 1.97 bits per heavy atom. The number of aromatic nitrogens is 3. The molecule has 10 heteroatoms. The number of hydrogen-bond donors (Lipinski definition) is 1. The molecule has 2 aliphatic heterocycles. The number of carbonyl (C=O) groups excluding carboxylic acids is 1. The molecule has 0 fully saturated rings. The van der Waals surface area contributed by atoms with Crippen LogP contribution in [0.5, 0.6) is 0 Å². The quantitative estimate of drug-likeness (QED) is 0.461. The summed E-state index contributed by atoms with van der Waals surface area (Å²) in [7, 11) is 0. The lowest BCUT2D eigenvalue weighted by Gasteiger charge is -2.42. The van der Waals surface area contributed by atoms with E-state index in [-0.39, 0.29) is 12.1 Å². The molecular formula is C28H32F3N5O2. The normalized spacial score (nSPS) is 20.8. The number of H-pyrrole nitrogens is 1. The lowest BCUT2D eigenvalue weighted by molar-refractivity contribution is -0.155. The molecule has 38 heavy (non-hydrogen) atoms. The number of carbonyl (C=O) groups is 1. The van der Waals surface area contributed by atoms with Gasteiger partial charge in [0.2, 0.25) is 0 Å². The first-order chi connectivity index (χ1) is 17.9. The molecule has 2 aliphatic rings. The molecule has 2 aromatic heterocycles. The number of aromatic amines is 1. The number of alkyl halides is 3. The van der Waals surface area contributed by atoms with E-state index in [0.29, 0.717) is 31.6 Å². The number of hydrogen-bond acceptors (Lipinski definition) is 5. The van der Waals surface area contributed by atoms with E-state index in [4.69, 9.17) is 4.74 Å². The van der Waals surface area contributed by atoms with Gasteiger partial charge in [-0.05, 0) is 74.9 Å². The SMILES string of the molecule is C[C@@H]1Cc2c(ccc3n[nH]cc23)[C@@H](c2ccc(C3=CCN(C(=O)OC(C)(C)C)CC3)cn2)N1CC(F)(F)F. The zero-order valence-electron chi connectivity index (χ0n) is 22.0. The Hall–Kier alpha value is -3.40. The molecule has 1 N–H and O–H groups in total. The highest BCUT2D eigenvalue weighted by Crippen LogP contribution is 2.41. The standard InChI is InChI=1S/C28H32F3N5O2/c1-17-13-21-20(6-8-23-22(21)15-33-34-23)25(36(17)16-28(29,30)31)24-7-5-19(14-32-24)18-9-11-35(12-10-18)26(37)38-27(2,3)4/h5-9,14-15,17,25H,10-13,16H2,1-4H3,(H,33,34)/t17-,25+/m1/s1. The number of ether oxygens (including phenoxy) is 1. The van der Waals surface area contributed by atoms with Crippen LogP contribution in [-0.2, 0) is 11.2 Å². The first-order valence-corrected chi connectivity index (χ1v) is 12.8. The monoisotopic (exact) mass is 527 g/mol. The molecule has 0 aliphatic carbocycles. The molecule has 202 valence electrons. The average Bonchev–Trinajstić information content (AvgIpc) is 3.33. The van der Waals surface area contributed by atoms with Crippen LogP contribution in [0.25, 0.3) is 16.5 Å². The number of rotatable bonds is 3. The van der Waals surface area contributed by atoms with Gasteiger partial charge < -0.3 is 9.64 Å². The average molecular weight is 528 g/mol. The van der Waals surface area contributed by atoms with E-state index < -0.39 is 24.4 Å². The molecule has 5 rings (SSSR count). The summed E-state index contributed by atoms with van der Waals surface area (Å²) in [5, 5.41) is 8.06. The van der Waals surface area contributed by atoms with E-state index in [2.05, 4.69) is 15.2 Å². The van der Waals surface area contributed by atoms with Crippen molar-refractivity contribution >= 4 is 22.6 Å². The Balaban J connectivity index is 1.43. The summed E-state index contributed by atoms with van der Waals surface area (Å²) in [4.78, 5) is 20.2. The van der Waals surface area contributed by atoms with Crippen molar-refractivity contribution in [3.63, 3.8) is 0 Å². The van der Waals surface area contributed by atoms with Gasteiger partial charge in [-0.15, -0.1) is 0 Å². The van der Waals surface area contributed by atoms with Crippen molar-refractivity contribution in [2.24, 2.45) is 0 Å². The number of nitrogens with zero attached hydrogens (tertiary/aromatic N) is 4. The van der Waals surface area contributed by atoms with Gasteiger partial charge in [0.05, 0.1) is 23.8 Å². The fourth-order valence-electron chi connectivity index (χ4n) is 5.39. The van der Waals surface area contributed by atoms with Gasteiger partial charge >= 0.3 is 12.3 Å². The third-order valence-corrected chi connectivity index (χ3v) is 7.12. The molecule has 0 bridgehead atoms. The van der Waals surface area contributed by atoms with Crippen LogP contribution in [0.4, 0.5) is 18.0 Å². The fraction of sp³-hybridized carbons (Fsp3) is 0.464. The highest BCUT2D eigenvalue weighted by Gasteiger charge is 2.41. The predicted molar refractivity (Wildman–Crippen MR) is 139 cm³/mol. The summed E-state index contributed by atoms with van der Waals surface area (Å²) in [5.74, 6) is 0. The number of pyridine rings is 1. The summed E-state index contributed by atoms with van der Waals surface area (Å²) in [6.45, 7) is 7.28. The molecule has 0 radical (unpaired) electrons. The van der Waals surface area contributed by atoms with E-state index in [9.17, 15) is 18.0 Å². The molecule has 0 saturated carbocycles. The Labute approximate surface area is 219 Å². The van der Waals surface area contributed by atoms with Crippen LogP contribution in [0.2, 0.25) is 0 Å². The van der Waals surface area contributed by atoms with Gasteiger partial charge in [0.15, 0.2) is 0 Å². The summed E-state index contributed by atoms with van der Waals surface area (Å²) in [6, 6.07) is 6.49. The van der Waals surface area contributed by atoms with Gasteiger partial charge in [0.25, 0.3) is 0 Å². The molecule has 1 aromatic carbocycles. The number of nitrogens with one attached hydrogen (secondary N) is 1. The van der Waals surface area contributed by atoms with Gasteiger partial charge in [-0.25, -0.2) is 4.79 Å². The van der Waals surface area contributed by atoms with E-state index in [1.54, 1.807) is 11.1 Å². The van der Waals surface area contributed by atoms with Crippen LogP contribution in [0.1, 0.15) is 62.5 Å². The highest BCUT2D eigenvalue weighted by molar-refractivity contribution is 5.83. The lowest BCUT2D eigenvalue weighted by Crippen LogP contribution is -2.47. The first-order valence-electron chi connectivity index (χ1n) is 12.8. The van der Waals surface area contributed by atoms with Gasteiger partial charge in [-0.3, -0.25) is 15.0 Å². The minimum atomic E-state index is -4.34. The van der Waals surface area contributed by atoms with Crippen molar-refractivity contribution in [3.8, 4) is 0 Å². The largest absolute Gasteiger partial charge is 0.444 e. The zero-order chi connectivity index (χ0) is 27.2. The number of amides is 1. The summed E-state index contributed by atoms with van der Waals surface area (Å²) < 4.78 is 46.4. The van der Waals surface area contributed by atoms with Crippen molar-refractivity contribution in [3.05, 3.63) is 65.1 Å². The molecule has 4 heterocycles. The molecule has 0 spiro atoms.